The summed E-state index contributed by atoms with van der Waals surface area (Å²) in [5.41, 5.74) is 1.05. The van der Waals surface area contributed by atoms with Crippen LogP contribution in [-0.2, 0) is 0 Å². The summed E-state index contributed by atoms with van der Waals surface area (Å²) in [5.74, 6) is 0.794. The highest BCUT2D eigenvalue weighted by Crippen LogP contribution is 2.16. The molecule has 0 amide bonds. The van der Waals surface area contributed by atoms with Crippen molar-refractivity contribution in [3.63, 3.8) is 0 Å². The molecule has 17 heavy (non-hydrogen) atoms. The molecule has 2 atom stereocenters. The van der Waals surface area contributed by atoms with Crippen molar-refractivity contribution in [2.24, 2.45) is 0 Å². The largest absolute Gasteiger partial charge is 0.491 e. The van der Waals surface area contributed by atoms with Gasteiger partial charge in [-0.2, -0.15) is 0 Å². The molecule has 3 N–H and O–H groups in total. The second-order valence-electron chi connectivity index (χ2n) is 4.24. The number of benzene rings is 1. The monoisotopic (exact) mass is 239 g/mol. The Balaban J connectivity index is 2.24. The molecule has 1 aromatic carbocycles. The first-order chi connectivity index (χ1) is 8.09. The molecule has 4 nitrogen and oxygen atoms in total. The normalized spacial score (nSPS) is 14.4. The molecule has 0 fully saturated rings. The van der Waals surface area contributed by atoms with Crippen molar-refractivity contribution in [1.82, 2.24) is 5.32 Å². The predicted molar refractivity (Wildman–Crippen MR) is 67.2 cm³/mol. The number of aryl methyl sites for hydroxylation is 1. The highest BCUT2D eigenvalue weighted by atomic mass is 16.5. The first-order valence-electron chi connectivity index (χ1n) is 5.85. The fourth-order valence-electron chi connectivity index (χ4n) is 1.42. The van der Waals surface area contributed by atoms with E-state index in [0.717, 1.165) is 11.3 Å². The Morgan fingerprint density at radius 3 is 2.59 bits per heavy atom. The minimum absolute atomic E-state index is 0.248. The number of aliphatic hydroxyl groups is 2. The van der Waals surface area contributed by atoms with Gasteiger partial charge in [-0.15, -0.1) is 0 Å². The zero-order valence-corrected chi connectivity index (χ0v) is 10.4. The molecule has 1 aromatic rings. The van der Waals surface area contributed by atoms with E-state index >= 15 is 0 Å². The lowest BCUT2D eigenvalue weighted by Gasteiger charge is -2.15. The number of para-hydroxylation sites is 1. The van der Waals surface area contributed by atoms with E-state index in [-0.39, 0.29) is 6.61 Å². The Morgan fingerprint density at radius 2 is 1.94 bits per heavy atom. The highest BCUT2D eigenvalue weighted by molar-refractivity contribution is 5.31. The summed E-state index contributed by atoms with van der Waals surface area (Å²) >= 11 is 0. The summed E-state index contributed by atoms with van der Waals surface area (Å²) < 4.78 is 5.50. The summed E-state index contributed by atoms with van der Waals surface area (Å²) in [6.45, 7) is 4.80. The van der Waals surface area contributed by atoms with Crippen LogP contribution in [0.25, 0.3) is 0 Å². The maximum atomic E-state index is 9.65. The third kappa shape index (κ3) is 5.68. The smallest absolute Gasteiger partial charge is 0.122 e. The zero-order chi connectivity index (χ0) is 12.7. The van der Waals surface area contributed by atoms with E-state index in [9.17, 15) is 5.11 Å². The Kier molecular flexibility index (Phi) is 5.97. The molecular formula is C13H21NO3. The number of aliphatic hydroxyl groups excluding tert-OH is 2. The second kappa shape index (κ2) is 7.27. The second-order valence-corrected chi connectivity index (χ2v) is 4.24. The van der Waals surface area contributed by atoms with Gasteiger partial charge >= 0.3 is 0 Å². The number of hydrogen-bond acceptors (Lipinski definition) is 4. The minimum Gasteiger partial charge on any atom is -0.491 e. The molecule has 0 aromatic heterocycles. The third-order valence-corrected chi connectivity index (χ3v) is 2.34. The van der Waals surface area contributed by atoms with Gasteiger partial charge in [0, 0.05) is 13.1 Å². The molecule has 96 valence electrons. The van der Waals surface area contributed by atoms with Crippen molar-refractivity contribution in [3.05, 3.63) is 29.8 Å². The average Bonchev–Trinajstić information content (AvgIpc) is 2.27. The summed E-state index contributed by atoms with van der Waals surface area (Å²) in [4.78, 5) is 0. The van der Waals surface area contributed by atoms with Crippen LogP contribution < -0.4 is 10.1 Å². The Hall–Kier alpha value is -1.10. The molecule has 0 aliphatic rings. The van der Waals surface area contributed by atoms with Gasteiger partial charge in [0.15, 0.2) is 0 Å². The number of hydrogen-bond donors (Lipinski definition) is 3. The van der Waals surface area contributed by atoms with Gasteiger partial charge in [0.1, 0.15) is 18.5 Å². The van der Waals surface area contributed by atoms with Crippen LogP contribution in [0.1, 0.15) is 12.5 Å². The molecular weight excluding hydrogens is 218 g/mol. The van der Waals surface area contributed by atoms with E-state index in [2.05, 4.69) is 5.32 Å². The molecule has 0 aliphatic carbocycles. The van der Waals surface area contributed by atoms with Crippen molar-refractivity contribution in [1.29, 1.82) is 0 Å². The number of rotatable bonds is 7. The molecule has 0 radical (unpaired) electrons. The quantitative estimate of drug-likeness (QED) is 0.655. The van der Waals surface area contributed by atoms with Gasteiger partial charge < -0.3 is 20.3 Å². The van der Waals surface area contributed by atoms with Crippen LogP contribution in [0.5, 0.6) is 5.75 Å². The number of nitrogens with one attached hydrogen (secondary N) is 1. The van der Waals surface area contributed by atoms with Gasteiger partial charge in [-0.3, -0.25) is 0 Å². The molecule has 2 unspecified atom stereocenters. The maximum absolute atomic E-state index is 9.65. The lowest BCUT2D eigenvalue weighted by atomic mass is 10.2. The summed E-state index contributed by atoms with van der Waals surface area (Å²) in [5, 5.41) is 21.6. The Bertz CT molecular complexity index is 328. The van der Waals surface area contributed by atoms with Crippen molar-refractivity contribution in [2.75, 3.05) is 19.7 Å². The lowest BCUT2D eigenvalue weighted by Crippen LogP contribution is -2.35. The van der Waals surface area contributed by atoms with Crippen LogP contribution in [0.2, 0.25) is 0 Å². The standard InChI is InChI=1S/C13H21NO3/c1-10-5-3-4-6-13(10)17-9-12(16)8-14-7-11(2)15/h3-6,11-12,14-16H,7-9H2,1-2H3. The molecule has 4 heteroatoms. The van der Waals surface area contributed by atoms with Crippen LogP contribution in [0.3, 0.4) is 0 Å². The predicted octanol–water partition coefficient (Wildman–Crippen LogP) is 0.705. The summed E-state index contributed by atoms with van der Waals surface area (Å²) in [7, 11) is 0. The molecule has 0 saturated carbocycles. The van der Waals surface area contributed by atoms with Crippen molar-refractivity contribution in [3.8, 4) is 5.75 Å². The van der Waals surface area contributed by atoms with Crippen molar-refractivity contribution < 1.29 is 14.9 Å². The van der Waals surface area contributed by atoms with E-state index in [4.69, 9.17) is 9.84 Å². The zero-order valence-electron chi connectivity index (χ0n) is 10.4. The molecule has 0 spiro atoms. The Morgan fingerprint density at radius 1 is 1.24 bits per heavy atom. The molecule has 0 aliphatic heterocycles. The third-order valence-electron chi connectivity index (χ3n) is 2.34. The van der Waals surface area contributed by atoms with E-state index in [0.29, 0.717) is 13.1 Å². The maximum Gasteiger partial charge on any atom is 0.122 e. The van der Waals surface area contributed by atoms with Crippen LogP contribution in [0.15, 0.2) is 24.3 Å². The number of ether oxygens (including phenoxy) is 1. The first-order valence-corrected chi connectivity index (χ1v) is 5.85. The van der Waals surface area contributed by atoms with Gasteiger partial charge in [0.2, 0.25) is 0 Å². The van der Waals surface area contributed by atoms with Gasteiger partial charge in [-0.25, -0.2) is 0 Å². The van der Waals surface area contributed by atoms with Crippen molar-refractivity contribution in [2.45, 2.75) is 26.1 Å². The van der Waals surface area contributed by atoms with Crippen molar-refractivity contribution >= 4 is 0 Å². The van der Waals surface area contributed by atoms with E-state index in [1.807, 2.05) is 31.2 Å². The van der Waals surface area contributed by atoms with E-state index in [1.54, 1.807) is 6.92 Å². The molecule has 0 saturated heterocycles. The molecule has 0 bridgehead atoms. The Labute approximate surface area is 102 Å². The van der Waals surface area contributed by atoms with E-state index in [1.165, 1.54) is 0 Å². The van der Waals surface area contributed by atoms with Crippen LogP contribution in [0, 0.1) is 6.92 Å². The first kappa shape index (κ1) is 14.0. The van der Waals surface area contributed by atoms with Gasteiger partial charge in [-0.1, -0.05) is 18.2 Å². The molecule has 0 heterocycles. The van der Waals surface area contributed by atoms with Crippen LogP contribution in [0.4, 0.5) is 0 Å². The molecule has 1 rings (SSSR count). The van der Waals surface area contributed by atoms with Crippen LogP contribution >= 0.6 is 0 Å². The van der Waals surface area contributed by atoms with Gasteiger partial charge in [-0.05, 0) is 25.5 Å². The fourth-order valence-corrected chi connectivity index (χ4v) is 1.42. The average molecular weight is 239 g/mol. The highest BCUT2D eigenvalue weighted by Gasteiger charge is 2.06. The SMILES string of the molecule is Cc1ccccc1OCC(O)CNCC(C)O. The summed E-state index contributed by atoms with van der Waals surface area (Å²) in [6, 6.07) is 7.70. The topological polar surface area (TPSA) is 61.7 Å². The lowest BCUT2D eigenvalue weighted by molar-refractivity contribution is 0.101. The summed E-state index contributed by atoms with van der Waals surface area (Å²) in [6.07, 6.45) is -0.979. The van der Waals surface area contributed by atoms with Gasteiger partial charge in [0.05, 0.1) is 6.10 Å². The van der Waals surface area contributed by atoms with Crippen LogP contribution in [-0.4, -0.2) is 42.1 Å². The fraction of sp³-hybridized carbons (Fsp3) is 0.538. The van der Waals surface area contributed by atoms with Gasteiger partial charge in [0.25, 0.3) is 0 Å². The minimum atomic E-state index is -0.576. The van der Waals surface area contributed by atoms with E-state index < -0.39 is 12.2 Å².